The van der Waals surface area contributed by atoms with Gasteiger partial charge in [-0.15, -0.1) is 0 Å². The highest BCUT2D eigenvalue weighted by molar-refractivity contribution is 6.05. The summed E-state index contributed by atoms with van der Waals surface area (Å²) in [4.78, 5) is 19.6. The summed E-state index contributed by atoms with van der Waals surface area (Å²) in [5.74, 6) is -0.220. The summed E-state index contributed by atoms with van der Waals surface area (Å²) in [5.41, 5.74) is 0.560. The molecular formula is C23H30N2O5. The predicted octanol–water partition coefficient (Wildman–Crippen LogP) is 2.79. The van der Waals surface area contributed by atoms with Crippen LogP contribution in [0.15, 0.2) is 35.0 Å². The number of rotatable bonds is 5. The number of esters is 1. The maximum atomic E-state index is 12.5. The van der Waals surface area contributed by atoms with E-state index in [1.54, 1.807) is 18.2 Å². The highest BCUT2D eigenvalue weighted by atomic mass is 16.5. The van der Waals surface area contributed by atoms with Crippen molar-refractivity contribution in [1.82, 2.24) is 4.90 Å². The zero-order chi connectivity index (χ0) is 24.0. The van der Waals surface area contributed by atoms with Gasteiger partial charge in [0.2, 0.25) is 0 Å². The number of hydrogen-bond acceptors (Lipinski definition) is 7. The van der Waals surface area contributed by atoms with Crippen molar-refractivity contribution in [3.05, 3.63) is 35.6 Å². The highest BCUT2D eigenvalue weighted by Crippen LogP contribution is 2.51. The molecule has 1 N–H and O–H groups in total. The average Bonchev–Trinajstić information content (AvgIpc) is 3.09. The average molecular weight is 418 g/mol. The van der Waals surface area contributed by atoms with Crippen LogP contribution in [0.4, 0.5) is 5.69 Å². The van der Waals surface area contributed by atoms with Gasteiger partial charge in [0.05, 0.1) is 60.2 Å². The summed E-state index contributed by atoms with van der Waals surface area (Å²) in [5, 5.41) is 11.8. The van der Waals surface area contributed by atoms with E-state index in [9.17, 15) is 9.90 Å². The Morgan fingerprint density at radius 3 is 3.00 bits per heavy atom. The fraction of sp³-hybridized carbons (Fsp3) is 0.565. The number of ether oxygens (including phenoxy) is 3. The summed E-state index contributed by atoms with van der Waals surface area (Å²) in [6.07, 6.45) is 3.28. The Balaban J connectivity index is 1.72. The van der Waals surface area contributed by atoms with Crippen molar-refractivity contribution < 1.29 is 28.2 Å². The molecule has 4 rings (SSSR count). The zero-order valence-electron chi connectivity index (χ0n) is 20.6. The van der Waals surface area contributed by atoms with Crippen LogP contribution >= 0.6 is 0 Å². The minimum atomic E-state index is -2.64. The summed E-state index contributed by atoms with van der Waals surface area (Å²) in [6.45, 7) is 3.46. The van der Waals surface area contributed by atoms with E-state index in [4.69, 9.17) is 23.3 Å². The number of methoxy groups -OCH3 is 3. The molecule has 0 saturated carbocycles. The van der Waals surface area contributed by atoms with Crippen molar-refractivity contribution in [2.75, 3.05) is 34.3 Å². The van der Waals surface area contributed by atoms with Crippen LogP contribution < -0.4 is 4.74 Å². The van der Waals surface area contributed by atoms with E-state index in [0.717, 1.165) is 13.0 Å². The molecule has 0 radical (unpaired) electrons. The summed E-state index contributed by atoms with van der Waals surface area (Å²) < 4.78 is 38.0. The van der Waals surface area contributed by atoms with Crippen LogP contribution in [0.3, 0.4) is 0 Å². The zero-order valence-corrected chi connectivity index (χ0v) is 17.6. The smallest absolute Gasteiger partial charge is 0.337 e. The van der Waals surface area contributed by atoms with Crippen molar-refractivity contribution in [3.8, 4) is 5.75 Å². The molecule has 0 aromatic heterocycles. The van der Waals surface area contributed by atoms with E-state index in [1.165, 1.54) is 20.5 Å². The Bertz CT molecular complexity index is 993. The van der Waals surface area contributed by atoms with Crippen LogP contribution in [-0.4, -0.2) is 62.1 Å². The van der Waals surface area contributed by atoms with Crippen LogP contribution in [0.2, 0.25) is 0 Å². The number of benzene rings is 1. The van der Waals surface area contributed by atoms with Gasteiger partial charge in [-0.2, -0.15) is 0 Å². The van der Waals surface area contributed by atoms with Gasteiger partial charge in [-0.25, -0.2) is 4.79 Å². The van der Waals surface area contributed by atoms with Crippen molar-refractivity contribution in [2.24, 2.45) is 16.8 Å². The van der Waals surface area contributed by atoms with Gasteiger partial charge in [-0.3, -0.25) is 9.89 Å². The van der Waals surface area contributed by atoms with Crippen molar-refractivity contribution >= 4 is 17.4 Å². The molecule has 0 amide bonds. The van der Waals surface area contributed by atoms with Gasteiger partial charge >= 0.3 is 5.97 Å². The van der Waals surface area contributed by atoms with Crippen LogP contribution in [0.1, 0.15) is 35.9 Å². The number of carbonyl (C=O) groups is 1. The first-order chi connectivity index (χ1) is 15.6. The molecule has 30 heavy (non-hydrogen) atoms. The molecule has 3 aliphatic heterocycles. The molecule has 0 bridgehead atoms. The molecule has 2 fully saturated rings. The number of fused-ring (bicyclic) bond motifs is 5. The molecule has 3 aliphatic rings. The van der Waals surface area contributed by atoms with Gasteiger partial charge in [0, 0.05) is 13.1 Å². The van der Waals surface area contributed by atoms with Crippen LogP contribution in [0, 0.1) is 11.8 Å². The van der Waals surface area contributed by atoms with E-state index in [2.05, 4.69) is 11.8 Å². The topological polar surface area (TPSA) is 80.6 Å². The first-order valence-electron chi connectivity index (χ1n) is 11.8. The first-order valence-corrected chi connectivity index (χ1v) is 10.3. The van der Waals surface area contributed by atoms with Gasteiger partial charge in [-0.05, 0) is 36.8 Å². The third-order valence-electron chi connectivity index (χ3n) is 6.81. The second-order valence-corrected chi connectivity index (χ2v) is 8.18. The first kappa shape index (κ1) is 17.3. The van der Waals surface area contributed by atoms with E-state index < -0.39 is 18.6 Å². The third-order valence-corrected chi connectivity index (χ3v) is 6.81. The van der Waals surface area contributed by atoms with Crippen molar-refractivity contribution in [2.45, 2.75) is 37.8 Å². The molecule has 0 unspecified atom stereocenters. The van der Waals surface area contributed by atoms with E-state index in [1.807, 2.05) is 0 Å². The van der Waals surface area contributed by atoms with E-state index >= 15 is 0 Å². The number of nitrogens with zero attached hydrogens (tertiary/aromatic N) is 2. The largest absolute Gasteiger partial charge is 0.504 e. The summed E-state index contributed by atoms with van der Waals surface area (Å²) in [6, 6.07) is 4.78. The van der Waals surface area contributed by atoms with Crippen LogP contribution in [0.5, 0.6) is 5.75 Å². The Morgan fingerprint density at radius 1 is 1.47 bits per heavy atom. The van der Waals surface area contributed by atoms with E-state index in [-0.39, 0.29) is 23.6 Å². The number of carbonyl (C=O) groups excluding carboxylic acids is 1. The summed E-state index contributed by atoms with van der Waals surface area (Å²) >= 11 is 0. The van der Waals surface area contributed by atoms with Crippen LogP contribution in [0.25, 0.3) is 0 Å². The number of aliphatic imine (C=N–C) groups is 1. The molecule has 1 aromatic rings. The normalized spacial score (nSPS) is 32.5. The lowest BCUT2D eigenvalue weighted by Gasteiger charge is -2.50. The minimum absolute atomic E-state index is 0.121. The van der Waals surface area contributed by atoms with Gasteiger partial charge in [0.1, 0.15) is 11.4 Å². The lowest BCUT2D eigenvalue weighted by Crippen LogP contribution is -2.60. The molecule has 2 saturated heterocycles. The predicted molar refractivity (Wildman–Crippen MR) is 113 cm³/mol. The molecule has 7 nitrogen and oxygen atoms in total. The van der Waals surface area contributed by atoms with Gasteiger partial charge in [0.25, 0.3) is 0 Å². The quantitative estimate of drug-likeness (QED) is 0.451. The standard InChI is InChI=1S/C23H30N2O5/c1-5-14-12-25-10-9-23(27)20-17(7-6-8-19(20)29-3)24-21(23)18(25)11-15(14)16(13-28-2)22(26)30-4/h6-8,13-15,18,27H,5,9-12H2,1-4H3/b16-13+/t14-,15+,18+,23+/m1/s1/i3D3. The SMILES string of the molecule is [2H]C([2H])([2H])Oc1cccc2c1[C@@]1(O)CCN3C[C@@H](CC)[C@@H](/C(=C\OC)C(=O)OC)C[C@H]3C1=N2. The molecule has 0 aliphatic carbocycles. The minimum Gasteiger partial charge on any atom is -0.504 e. The lowest BCUT2D eigenvalue weighted by atomic mass is 9.70. The van der Waals surface area contributed by atoms with Gasteiger partial charge in [0.15, 0.2) is 0 Å². The van der Waals surface area contributed by atoms with Gasteiger partial charge < -0.3 is 19.3 Å². The maximum Gasteiger partial charge on any atom is 0.337 e. The van der Waals surface area contributed by atoms with Gasteiger partial charge in [-0.1, -0.05) is 19.4 Å². The third kappa shape index (κ3) is 3.11. The molecular weight excluding hydrogens is 384 g/mol. The molecule has 7 heteroatoms. The van der Waals surface area contributed by atoms with Crippen molar-refractivity contribution in [3.63, 3.8) is 0 Å². The molecule has 162 valence electrons. The Hall–Kier alpha value is -2.38. The number of hydrogen-bond donors (Lipinski definition) is 1. The molecule has 3 heterocycles. The number of aliphatic hydroxyl groups is 1. The fourth-order valence-electron chi connectivity index (χ4n) is 5.37. The molecule has 0 spiro atoms. The fourth-order valence-corrected chi connectivity index (χ4v) is 5.37. The Labute approximate surface area is 181 Å². The van der Waals surface area contributed by atoms with Crippen molar-refractivity contribution in [1.29, 1.82) is 0 Å². The molecule has 4 atom stereocenters. The van der Waals surface area contributed by atoms with E-state index in [0.29, 0.717) is 41.9 Å². The monoisotopic (exact) mass is 417 g/mol. The lowest BCUT2D eigenvalue weighted by molar-refractivity contribution is -0.137. The maximum absolute atomic E-state index is 12.5. The molecule has 1 aromatic carbocycles. The second-order valence-electron chi connectivity index (χ2n) is 8.18. The Kier molecular flexibility index (Phi) is 4.64. The van der Waals surface area contributed by atoms with Crippen LogP contribution in [-0.2, 0) is 19.9 Å². The number of piperidine rings is 2. The summed E-state index contributed by atoms with van der Waals surface area (Å²) in [7, 11) is 0.216. The highest BCUT2D eigenvalue weighted by Gasteiger charge is 2.54. The Morgan fingerprint density at radius 2 is 2.30 bits per heavy atom. The second kappa shape index (κ2) is 8.04.